The van der Waals surface area contributed by atoms with Gasteiger partial charge in [0.2, 0.25) is 0 Å². The number of rotatable bonds is 7. The lowest BCUT2D eigenvalue weighted by atomic mass is 10.0. The number of nitrogens with one attached hydrogen (secondary N) is 1. The van der Waals surface area contributed by atoms with E-state index in [0.717, 1.165) is 12.1 Å². The van der Waals surface area contributed by atoms with Crippen LogP contribution in [0.1, 0.15) is 59.3 Å². The van der Waals surface area contributed by atoms with Crippen LogP contribution in [0, 0.1) is 0 Å². The molecule has 1 fully saturated rings. The van der Waals surface area contributed by atoms with Gasteiger partial charge < -0.3 is 5.32 Å². The summed E-state index contributed by atoms with van der Waals surface area (Å²) >= 11 is 0. The molecule has 0 saturated carbocycles. The van der Waals surface area contributed by atoms with Gasteiger partial charge in [0.15, 0.2) is 0 Å². The molecule has 2 nitrogen and oxygen atoms in total. The van der Waals surface area contributed by atoms with Gasteiger partial charge in [0.1, 0.15) is 0 Å². The maximum Gasteiger partial charge on any atom is 0.0195 e. The summed E-state index contributed by atoms with van der Waals surface area (Å²) in [5.74, 6) is 0. The fourth-order valence-corrected chi connectivity index (χ4v) is 2.67. The van der Waals surface area contributed by atoms with E-state index in [-0.39, 0.29) is 0 Å². The molecule has 1 aliphatic heterocycles. The molecule has 1 aliphatic rings. The van der Waals surface area contributed by atoms with E-state index in [0.29, 0.717) is 0 Å². The van der Waals surface area contributed by atoms with Crippen LogP contribution in [-0.2, 0) is 0 Å². The van der Waals surface area contributed by atoms with Gasteiger partial charge in [-0.3, -0.25) is 4.90 Å². The standard InChI is InChI=1S/C14H30N2/c1-4-6-7-9-13(3)16-11-10-15-14(12-16)8-5-2/h13-15H,4-12H2,1-3H3. The Morgan fingerprint density at radius 1 is 1.25 bits per heavy atom. The molecule has 1 heterocycles. The zero-order chi connectivity index (χ0) is 11.8. The highest BCUT2D eigenvalue weighted by Crippen LogP contribution is 2.13. The van der Waals surface area contributed by atoms with Gasteiger partial charge in [-0.1, -0.05) is 39.5 Å². The summed E-state index contributed by atoms with van der Waals surface area (Å²) in [7, 11) is 0. The highest BCUT2D eigenvalue weighted by Gasteiger charge is 2.21. The molecule has 1 N–H and O–H groups in total. The minimum Gasteiger partial charge on any atom is -0.311 e. The average Bonchev–Trinajstić information content (AvgIpc) is 2.30. The predicted octanol–water partition coefficient (Wildman–Crippen LogP) is 3.03. The maximum atomic E-state index is 3.63. The smallest absolute Gasteiger partial charge is 0.0195 e. The van der Waals surface area contributed by atoms with E-state index in [1.165, 1.54) is 58.2 Å². The van der Waals surface area contributed by atoms with Gasteiger partial charge in [0.25, 0.3) is 0 Å². The highest BCUT2D eigenvalue weighted by atomic mass is 15.2. The molecule has 96 valence electrons. The first-order valence-corrected chi connectivity index (χ1v) is 7.25. The molecular weight excluding hydrogens is 196 g/mol. The second-order valence-electron chi connectivity index (χ2n) is 5.28. The first-order chi connectivity index (χ1) is 7.77. The van der Waals surface area contributed by atoms with Gasteiger partial charge in [0.05, 0.1) is 0 Å². The van der Waals surface area contributed by atoms with Crippen LogP contribution >= 0.6 is 0 Å². The van der Waals surface area contributed by atoms with Crippen molar-refractivity contribution in [3.63, 3.8) is 0 Å². The van der Waals surface area contributed by atoms with Crippen LogP contribution in [0.15, 0.2) is 0 Å². The van der Waals surface area contributed by atoms with E-state index < -0.39 is 0 Å². The van der Waals surface area contributed by atoms with Crippen molar-refractivity contribution in [3.8, 4) is 0 Å². The Kier molecular flexibility index (Phi) is 7.06. The first kappa shape index (κ1) is 14.0. The Hall–Kier alpha value is -0.0800. The summed E-state index contributed by atoms with van der Waals surface area (Å²) < 4.78 is 0. The molecule has 16 heavy (non-hydrogen) atoms. The Balaban J connectivity index is 2.23. The van der Waals surface area contributed by atoms with E-state index in [2.05, 4.69) is 31.0 Å². The monoisotopic (exact) mass is 226 g/mol. The third-order valence-electron chi connectivity index (χ3n) is 3.77. The van der Waals surface area contributed by atoms with Gasteiger partial charge in [0, 0.05) is 31.7 Å². The normalized spacial score (nSPS) is 24.6. The van der Waals surface area contributed by atoms with Crippen molar-refractivity contribution in [3.05, 3.63) is 0 Å². The van der Waals surface area contributed by atoms with E-state index in [1.54, 1.807) is 0 Å². The van der Waals surface area contributed by atoms with E-state index >= 15 is 0 Å². The molecule has 1 saturated heterocycles. The molecule has 1 rings (SSSR count). The van der Waals surface area contributed by atoms with Crippen molar-refractivity contribution < 1.29 is 0 Å². The Morgan fingerprint density at radius 3 is 2.75 bits per heavy atom. The molecule has 0 aromatic heterocycles. The van der Waals surface area contributed by atoms with Crippen molar-refractivity contribution in [1.82, 2.24) is 10.2 Å². The SMILES string of the molecule is CCCCCC(C)N1CCNC(CCC)C1. The average molecular weight is 226 g/mol. The topological polar surface area (TPSA) is 15.3 Å². The fraction of sp³-hybridized carbons (Fsp3) is 1.00. The molecule has 0 aromatic rings. The van der Waals surface area contributed by atoms with Crippen molar-refractivity contribution in [2.75, 3.05) is 19.6 Å². The maximum absolute atomic E-state index is 3.63. The van der Waals surface area contributed by atoms with Crippen LogP contribution in [0.25, 0.3) is 0 Å². The largest absolute Gasteiger partial charge is 0.311 e. The zero-order valence-corrected chi connectivity index (χ0v) is 11.5. The van der Waals surface area contributed by atoms with Crippen LogP contribution in [0.5, 0.6) is 0 Å². The van der Waals surface area contributed by atoms with Crippen LogP contribution in [0.2, 0.25) is 0 Å². The van der Waals surface area contributed by atoms with Gasteiger partial charge in [-0.15, -0.1) is 0 Å². The number of hydrogen-bond acceptors (Lipinski definition) is 2. The lowest BCUT2D eigenvalue weighted by Gasteiger charge is -2.37. The molecule has 0 spiro atoms. The second kappa shape index (κ2) is 8.08. The summed E-state index contributed by atoms with van der Waals surface area (Å²) in [4.78, 5) is 2.69. The lowest BCUT2D eigenvalue weighted by molar-refractivity contribution is 0.141. The molecule has 0 aromatic carbocycles. The molecule has 0 radical (unpaired) electrons. The number of nitrogens with zero attached hydrogens (tertiary/aromatic N) is 1. The Morgan fingerprint density at radius 2 is 2.06 bits per heavy atom. The molecule has 2 heteroatoms. The lowest BCUT2D eigenvalue weighted by Crippen LogP contribution is -2.53. The van der Waals surface area contributed by atoms with Crippen LogP contribution < -0.4 is 5.32 Å². The van der Waals surface area contributed by atoms with Gasteiger partial charge in [-0.25, -0.2) is 0 Å². The van der Waals surface area contributed by atoms with Crippen molar-refractivity contribution in [1.29, 1.82) is 0 Å². The van der Waals surface area contributed by atoms with Gasteiger partial charge in [-0.05, 0) is 19.8 Å². The Labute approximate surface area is 102 Å². The molecular formula is C14H30N2. The van der Waals surface area contributed by atoms with Crippen LogP contribution in [-0.4, -0.2) is 36.6 Å². The van der Waals surface area contributed by atoms with Crippen molar-refractivity contribution >= 4 is 0 Å². The van der Waals surface area contributed by atoms with Crippen molar-refractivity contribution in [2.45, 2.75) is 71.4 Å². The molecule has 2 unspecified atom stereocenters. The summed E-state index contributed by atoms with van der Waals surface area (Å²) in [6.45, 7) is 10.7. The van der Waals surface area contributed by atoms with Crippen LogP contribution in [0.3, 0.4) is 0 Å². The first-order valence-electron chi connectivity index (χ1n) is 7.25. The summed E-state index contributed by atoms with van der Waals surface area (Å²) in [5.41, 5.74) is 0. The predicted molar refractivity (Wildman–Crippen MR) is 71.9 cm³/mol. The summed E-state index contributed by atoms with van der Waals surface area (Å²) in [5, 5.41) is 3.63. The van der Waals surface area contributed by atoms with E-state index in [1.807, 2.05) is 0 Å². The van der Waals surface area contributed by atoms with Crippen molar-refractivity contribution in [2.24, 2.45) is 0 Å². The fourth-order valence-electron chi connectivity index (χ4n) is 2.67. The van der Waals surface area contributed by atoms with Gasteiger partial charge >= 0.3 is 0 Å². The quantitative estimate of drug-likeness (QED) is 0.671. The van der Waals surface area contributed by atoms with E-state index in [4.69, 9.17) is 0 Å². The Bertz CT molecular complexity index is 168. The number of piperazine rings is 1. The summed E-state index contributed by atoms with van der Waals surface area (Å²) in [6.07, 6.45) is 8.15. The second-order valence-corrected chi connectivity index (χ2v) is 5.28. The van der Waals surface area contributed by atoms with Crippen LogP contribution in [0.4, 0.5) is 0 Å². The third-order valence-corrected chi connectivity index (χ3v) is 3.77. The molecule has 0 aliphatic carbocycles. The van der Waals surface area contributed by atoms with Gasteiger partial charge in [-0.2, -0.15) is 0 Å². The number of hydrogen-bond donors (Lipinski definition) is 1. The molecule has 2 atom stereocenters. The minimum absolute atomic E-state index is 0.743. The zero-order valence-electron chi connectivity index (χ0n) is 11.5. The highest BCUT2D eigenvalue weighted by molar-refractivity contribution is 4.81. The third kappa shape index (κ3) is 4.84. The van der Waals surface area contributed by atoms with E-state index in [9.17, 15) is 0 Å². The molecule has 0 amide bonds. The molecule has 0 bridgehead atoms. The minimum atomic E-state index is 0.743. The summed E-state index contributed by atoms with van der Waals surface area (Å²) in [6, 6.07) is 1.53. The number of unbranched alkanes of at least 4 members (excludes halogenated alkanes) is 2.